The van der Waals surface area contributed by atoms with Crippen LogP contribution in [0.15, 0.2) is 30.3 Å². The maximum atomic E-state index is 11.5. The molecule has 1 atom stereocenters. The Bertz CT molecular complexity index is 391. The average Bonchev–Trinajstić information content (AvgIpc) is 2.32. The van der Waals surface area contributed by atoms with Crippen LogP contribution in [0.4, 0.5) is 0 Å². The zero-order chi connectivity index (χ0) is 11.4. The van der Waals surface area contributed by atoms with Gasteiger partial charge in [0.25, 0.3) is 0 Å². The molecule has 1 amide bonds. The molecular formula is C12H13NO2S. The number of benzene rings is 1. The summed E-state index contributed by atoms with van der Waals surface area (Å²) in [7, 11) is 0. The molecule has 4 heteroatoms. The average molecular weight is 235 g/mol. The van der Waals surface area contributed by atoms with Crippen LogP contribution in [0.2, 0.25) is 0 Å². The molecule has 3 nitrogen and oxygen atoms in total. The van der Waals surface area contributed by atoms with Gasteiger partial charge >= 0.3 is 0 Å². The van der Waals surface area contributed by atoms with Crippen molar-refractivity contribution in [2.45, 2.75) is 19.3 Å². The molecule has 0 spiro atoms. The number of rotatable bonds is 3. The Morgan fingerprint density at radius 3 is 2.75 bits per heavy atom. The highest BCUT2D eigenvalue weighted by molar-refractivity contribution is 8.12. The Labute approximate surface area is 98.7 Å². The van der Waals surface area contributed by atoms with Crippen molar-refractivity contribution in [2.75, 3.05) is 0 Å². The summed E-state index contributed by atoms with van der Waals surface area (Å²) in [6, 6.07) is 10.0. The van der Waals surface area contributed by atoms with E-state index in [9.17, 15) is 9.59 Å². The van der Waals surface area contributed by atoms with Crippen molar-refractivity contribution in [3.8, 4) is 0 Å². The van der Waals surface area contributed by atoms with Crippen LogP contribution in [0.5, 0.6) is 0 Å². The van der Waals surface area contributed by atoms with E-state index < -0.39 is 0 Å². The minimum atomic E-state index is -0.158. The number of amides is 1. The van der Waals surface area contributed by atoms with Gasteiger partial charge in [-0.05, 0) is 18.4 Å². The van der Waals surface area contributed by atoms with Gasteiger partial charge in [-0.25, -0.2) is 0 Å². The fourth-order valence-electron chi connectivity index (χ4n) is 1.74. The maximum absolute atomic E-state index is 11.5. The predicted octanol–water partition coefficient (Wildman–Crippen LogP) is 1.93. The van der Waals surface area contributed by atoms with E-state index in [2.05, 4.69) is 4.72 Å². The van der Waals surface area contributed by atoms with E-state index in [-0.39, 0.29) is 16.9 Å². The van der Waals surface area contributed by atoms with E-state index in [1.54, 1.807) is 0 Å². The largest absolute Gasteiger partial charge is 0.293 e. The van der Waals surface area contributed by atoms with Gasteiger partial charge in [0.15, 0.2) is 0 Å². The highest BCUT2D eigenvalue weighted by Crippen LogP contribution is 2.21. The Hall–Kier alpha value is -1.29. The molecule has 0 aromatic heterocycles. The SMILES string of the molecule is O=C1CC(CCc2ccccc2)C(=O)NS1. The lowest BCUT2D eigenvalue weighted by Crippen LogP contribution is -2.33. The Morgan fingerprint density at radius 1 is 1.25 bits per heavy atom. The molecule has 1 fully saturated rings. The van der Waals surface area contributed by atoms with E-state index >= 15 is 0 Å². The van der Waals surface area contributed by atoms with Crippen LogP contribution in [-0.4, -0.2) is 11.0 Å². The molecular weight excluding hydrogens is 222 g/mol. The molecule has 1 aliphatic rings. The van der Waals surface area contributed by atoms with Gasteiger partial charge in [-0.15, -0.1) is 0 Å². The van der Waals surface area contributed by atoms with Gasteiger partial charge < -0.3 is 0 Å². The van der Waals surface area contributed by atoms with Crippen molar-refractivity contribution in [1.29, 1.82) is 0 Å². The maximum Gasteiger partial charge on any atom is 0.233 e. The van der Waals surface area contributed by atoms with Crippen molar-refractivity contribution in [3.05, 3.63) is 35.9 Å². The molecule has 2 rings (SSSR count). The molecule has 1 aromatic rings. The van der Waals surface area contributed by atoms with Gasteiger partial charge in [0.05, 0.1) is 0 Å². The molecule has 0 bridgehead atoms. The van der Waals surface area contributed by atoms with E-state index in [1.165, 1.54) is 5.56 Å². The van der Waals surface area contributed by atoms with Crippen molar-refractivity contribution in [3.63, 3.8) is 0 Å². The van der Waals surface area contributed by atoms with Crippen LogP contribution in [-0.2, 0) is 16.0 Å². The number of carbonyl (C=O) groups is 2. The van der Waals surface area contributed by atoms with Gasteiger partial charge in [-0.3, -0.25) is 14.3 Å². The summed E-state index contributed by atoms with van der Waals surface area (Å²) in [4.78, 5) is 22.7. The first kappa shape index (κ1) is 11.2. The molecule has 1 saturated heterocycles. The monoisotopic (exact) mass is 235 g/mol. The molecule has 16 heavy (non-hydrogen) atoms. The summed E-state index contributed by atoms with van der Waals surface area (Å²) in [6.07, 6.45) is 1.95. The Morgan fingerprint density at radius 2 is 2.00 bits per heavy atom. The van der Waals surface area contributed by atoms with Crippen LogP contribution in [0.1, 0.15) is 18.4 Å². The van der Waals surface area contributed by atoms with Crippen molar-refractivity contribution in [1.82, 2.24) is 4.72 Å². The number of hydrogen-bond acceptors (Lipinski definition) is 3. The molecule has 0 saturated carbocycles. The standard InChI is InChI=1S/C12H13NO2S/c14-11-8-10(12(15)13-16-11)7-6-9-4-2-1-3-5-9/h1-5,10H,6-8H2,(H,13,15). The summed E-state index contributed by atoms with van der Waals surface area (Å²) < 4.78 is 2.55. The molecule has 0 aliphatic carbocycles. The zero-order valence-electron chi connectivity index (χ0n) is 8.81. The first-order chi connectivity index (χ1) is 7.75. The molecule has 1 unspecified atom stereocenters. The van der Waals surface area contributed by atoms with Crippen LogP contribution in [0.25, 0.3) is 0 Å². The number of nitrogens with one attached hydrogen (secondary N) is 1. The van der Waals surface area contributed by atoms with Crippen LogP contribution >= 0.6 is 11.9 Å². The highest BCUT2D eigenvalue weighted by Gasteiger charge is 2.27. The fraction of sp³-hybridized carbons (Fsp3) is 0.333. The van der Waals surface area contributed by atoms with Crippen LogP contribution < -0.4 is 4.72 Å². The summed E-state index contributed by atoms with van der Waals surface area (Å²) >= 11 is 0.913. The van der Waals surface area contributed by atoms with Gasteiger partial charge in [0.1, 0.15) is 0 Å². The fourth-order valence-corrected chi connectivity index (χ4v) is 2.41. The lowest BCUT2D eigenvalue weighted by molar-refractivity contribution is -0.127. The second-order valence-electron chi connectivity index (χ2n) is 3.87. The van der Waals surface area contributed by atoms with Crippen molar-refractivity contribution in [2.24, 2.45) is 5.92 Å². The predicted molar refractivity (Wildman–Crippen MR) is 63.6 cm³/mol. The Balaban J connectivity index is 1.90. The minimum Gasteiger partial charge on any atom is -0.293 e. The van der Waals surface area contributed by atoms with E-state index in [4.69, 9.17) is 0 Å². The second-order valence-corrected chi connectivity index (χ2v) is 4.73. The summed E-state index contributed by atoms with van der Waals surface area (Å²) in [5, 5.41) is 0.0534. The zero-order valence-corrected chi connectivity index (χ0v) is 9.63. The third-order valence-electron chi connectivity index (χ3n) is 2.67. The summed E-state index contributed by atoms with van der Waals surface area (Å²) in [5.41, 5.74) is 1.21. The molecule has 1 aromatic carbocycles. The third kappa shape index (κ3) is 2.85. The van der Waals surface area contributed by atoms with E-state index in [1.807, 2.05) is 30.3 Å². The summed E-state index contributed by atoms with van der Waals surface area (Å²) in [5.74, 6) is -0.172. The van der Waals surface area contributed by atoms with Crippen molar-refractivity contribution < 1.29 is 9.59 Å². The Kier molecular flexibility index (Phi) is 3.62. The smallest absolute Gasteiger partial charge is 0.233 e. The second kappa shape index (κ2) is 5.16. The molecule has 1 aliphatic heterocycles. The first-order valence-electron chi connectivity index (χ1n) is 5.29. The van der Waals surface area contributed by atoms with E-state index in [0.717, 1.165) is 24.8 Å². The molecule has 84 valence electrons. The number of carbonyl (C=O) groups excluding carboxylic acids is 2. The van der Waals surface area contributed by atoms with Crippen LogP contribution in [0.3, 0.4) is 0 Å². The third-order valence-corrected chi connectivity index (χ3v) is 3.37. The highest BCUT2D eigenvalue weighted by atomic mass is 32.2. The van der Waals surface area contributed by atoms with Gasteiger partial charge in [0, 0.05) is 24.3 Å². The summed E-state index contributed by atoms with van der Waals surface area (Å²) in [6.45, 7) is 0. The van der Waals surface area contributed by atoms with Crippen molar-refractivity contribution >= 4 is 23.0 Å². The first-order valence-corrected chi connectivity index (χ1v) is 6.11. The number of aryl methyl sites for hydroxylation is 1. The minimum absolute atomic E-state index is 0.0134. The van der Waals surface area contributed by atoms with Gasteiger partial charge in [-0.2, -0.15) is 0 Å². The quantitative estimate of drug-likeness (QED) is 0.814. The van der Waals surface area contributed by atoms with Gasteiger partial charge in [0.2, 0.25) is 11.0 Å². The molecule has 1 N–H and O–H groups in total. The molecule has 0 radical (unpaired) electrons. The normalized spacial score (nSPS) is 20.6. The lowest BCUT2D eigenvalue weighted by atomic mass is 9.96. The van der Waals surface area contributed by atoms with Crippen LogP contribution in [0, 0.1) is 5.92 Å². The number of hydrogen-bond donors (Lipinski definition) is 1. The van der Waals surface area contributed by atoms with Gasteiger partial charge in [-0.1, -0.05) is 30.3 Å². The topological polar surface area (TPSA) is 46.2 Å². The van der Waals surface area contributed by atoms with E-state index in [0.29, 0.717) is 6.42 Å². The molecule has 1 heterocycles. The lowest BCUT2D eigenvalue weighted by Gasteiger charge is -2.19.